The zero-order valence-electron chi connectivity index (χ0n) is 14.4. The summed E-state index contributed by atoms with van der Waals surface area (Å²) >= 11 is 0. The van der Waals surface area contributed by atoms with Crippen molar-refractivity contribution in [2.75, 3.05) is 19.6 Å². The summed E-state index contributed by atoms with van der Waals surface area (Å²) < 4.78 is 5.05. The third-order valence-electron chi connectivity index (χ3n) is 4.90. The maximum atomic E-state index is 12.8. The van der Waals surface area contributed by atoms with E-state index in [0.717, 1.165) is 54.6 Å². The largest absolute Gasteiger partial charge is 0.360 e. The van der Waals surface area contributed by atoms with Crippen molar-refractivity contribution in [1.29, 1.82) is 0 Å². The molecule has 130 valence electrons. The van der Waals surface area contributed by atoms with E-state index in [9.17, 15) is 4.79 Å². The second-order valence-corrected chi connectivity index (χ2v) is 6.85. The molecule has 1 saturated heterocycles. The molecular weight excluding hydrogens is 316 g/mol. The number of nitrogens with one attached hydrogen (secondary N) is 1. The predicted octanol–water partition coefficient (Wildman–Crippen LogP) is 3.00. The topological polar surface area (TPSA) is 75.0 Å². The average Bonchev–Trinajstić information content (AvgIpc) is 3.21. The first-order valence-electron chi connectivity index (χ1n) is 8.80. The van der Waals surface area contributed by atoms with Crippen molar-refractivity contribution in [2.24, 2.45) is 5.92 Å². The zero-order valence-corrected chi connectivity index (χ0v) is 14.4. The number of benzene rings is 1. The fraction of sp³-hybridized carbons (Fsp3) is 0.421. The Morgan fingerprint density at radius 2 is 2.28 bits per heavy atom. The maximum Gasteiger partial charge on any atom is 0.223 e. The molecule has 6 nitrogen and oxygen atoms in total. The standard InChI is InChI=1S/C19H22N4O2/c1-13-21-19(22-25-13)9-14-5-4-8-23(11-14)12-18(24)16-10-20-17-7-3-2-6-15(16)17/h2-3,6-7,10,14,20H,4-5,8-9,11-12H2,1H3. The van der Waals surface area contributed by atoms with Gasteiger partial charge in [-0.05, 0) is 31.4 Å². The second-order valence-electron chi connectivity index (χ2n) is 6.85. The van der Waals surface area contributed by atoms with Crippen molar-refractivity contribution < 1.29 is 9.32 Å². The molecule has 1 fully saturated rings. The lowest BCUT2D eigenvalue weighted by molar-refractivity contribution is 0.0887. The van der Waals surface area contributed by atoms with E-state index in [0.29, 0.717) is 18.4 Å². The van der Waals surface area contributed by atoms with Gasteiger partial charge in [-0.25, -0.2) is 0 Å². The van der Waals surface area contributed by atoms with Crippen LogP contribution in [-0.4, -0.2) is 45.4 Å². The summed E-state index contributed by atoms with van der Waals surface area (Å²) in [5.74, 6) is 2.03. The molecule has 1 unspecified atom stereocenters. The summed E-state index contributed by atoms with van der Waals surface area (Å²) in [6.07, 6.45) is 4.89. The van der Waals surface area contributed by atoms with Gasteiger partial charge in [0.15, 0.2) is 11.6 Å². The van der Waals surface area contributed by atoms with Crippen LogP contribution in [0.15, 0.2) is 35.0 Å². The summed E-state index contributed by atoms with van der Waals surface area (Å²) in [4.78, 5) is 22.5. The number of carbonyl (C=O) groups excluding carboxylic acids is 1. The Morgan fingerprint density at radius 1 is 1.40 bits per heavy atom. The fourth-order valence-corrected chi connectivity index (χ4v) is 3.73. The molecule has 6 heteroatoms. The smallest absolute Gasteiger partial charge is 0.223 e. The third-order valence-corrected chi connectivity index (χ3v) is 4.90. The van der Waals surface area contributed by atoms with Crippen LogP contribution < -0.4 is 0 Å². The number of nitrogens with zero attached hydrogens (tertiary/aromatic N) is 3. The molecular formula is C19H22N4O2. The van der Waals surface area contributed by atoms with Gasteiger partial charge in [-0.1, -0.05) is 23.4 Å². The lowest BCUT2D eigenvalue weighted by Gasteiger charge is -2.31. The first-order valence-corrected chi connectivity index (χ1v) is 8.80. The number of piperidine rings is 1. The highest BCUT2D eigenvalue weighted by Crippen LogP contribution is 2.22. The minimum absolute atomic E-state index is 0.175. The number of aryl methyl sites for hydroxylation is 1. The number of para-hydroxylation sites is 1. The number of Topliss-reactive ketones (excluding diaryl/α,β-unsaturated/α-hetero) is 1. The van der Waals surface area contributed by atoms with Crippen molar-refractivity contribution >= 4 is 16.7 Å². The molecule has 0 amide bonds. The highest BCUT2D eigenvalue weighted by molar-refractivity contribution is 6.08. The Balaban J connectivity index is 1.41. The zero-order chi connectivity index (χ0) is 17.2. The fourth-order valence-electron chi connectivity index (χ4n) is 3.73. The number of H-pyrrole nitrogens is 1. The summed E-state index contributed by atoms with van der Waals surface area (Å²) in [5.41, 5.74) is 1.79. The summed E-state index contributed by atoms with van der Waals surface area (Å²) in [6, 6.07) is 7.94. The van der Waals surface area contributed by atoms with Gasteiger partial charge in [0, 0.05) is 42.6 Å². The van der Waals surface area contributed by atoms with Gasteiger partial charge < -0.3 is 9.51 Å². The molecule has 1 aliphatic rings. The molecule has 4 rings (SSSR count). The number of hydrogen-bond donors (Lipinski definition) is 1. The Bertz CT molecular complexity index is 882. The Labute approximate surface area is 146 Å². The molecule has 1 N–H and O–H groups in total. The van der Waals surface area contributed by atoms with Gasteiger partial charge in [-0.15, -0.1) is 0 Å². The number of carbonyl (C=O) groups is 1. The molecule has 0 bridgehead atoms. The molecule has 0 radical (unpaired) electrons. The molecule has 0 spiro atoms. The molecule has 3 aromatic rings. The predicted molar refractivity (Wildman–Crippen MR) is 94.5 cm³/mol. The van der Waals surface area contributed by atoms with E-state index < -0.39 is 0 Å². The second kappa shape index (κ2) is 6.80. The van der Waals surface area contributed by atoms with E-state index in [1.54, 1.807) is 0 Å². The molecule has 2 aromatic heterocycles. The molecule has 25 heavy (non-hydrogen) atoms. The van der Waals surface area contributed by atoms with Gasteiger partial charge >= 0.3 is 0 Å². The van der Waals surface area contributed by atoms with Crippen molar-refractivity contribution in [3.8, 4) is 0 Å². The van der Waals surface area contributed by atoms with Crippen LogP contribution in [0.5, 0.6) is 0 Å². The van der Waals surface area contributed by atoms with Gasteiger partial charge in [0.1, 0.15) is 0 Å². The van der Waals surface area contributed by atoms with Gasteiger partial charge in [0.25, 0.3) is 0 Å². The van der Waals surface area contributed by atoms with Crippen LogP contribution in [0.1, 0.15) is 34.9 Å². The number of rotatable bonds is 5. The quantitative estimate of drug-likeness (QED) is 0.724. The van der Waals surface area contributed by atoms with Crippen LogP contribution >= 0.6 is 0 Å². The van der Waals surface area contributed by atoms with Gasteiger partial charge in [0.05, 0.1) is 6.54 Å². The normalized spacial score (nSPS) is 18.7. The molecule has 1 aliphatic heterocycles. The maximum absolute atomic E-state index is 12.8. The molecule has 0 saturated carbocycles. The first-order chi connectivity index (χ1) is 12.2. The minimum atomic E-state index is 0.175. The molecule has 1 aromatic carbocycles. The van der Waals surface area contributed by atoms with Crippen LogP contribution in [0.3, 0.4) is 0 Å². The van der Waals surface area contributed by atoms with E-state index in [1.807, 2.05) is 37.4 Å². The van der Waals surface area contributed by atoms with Gasteiger partial charge in [-0.2, -0.15) is 4.98 Å². The number of ketones is 1. The van der Waals surface area contributed by atoms with E-state index in [4.69, 9.17) is 4.52 Å². The molecule has 0 aliphatic carbocycles. The summed E-state index contributed by atoms with van der Waals surface area (Å²) in [5, 5.41) is 5.00. The van der Waals surface area contributed by atoms with Crippen molar-refractivity contribution in [2.45, 2.75) is 26.2 Å². The van der Waals surface area contributed by atoms with E-state index >= 15 is 0 Å². The summed E-state index contributed by atoms with van der Waals surface area (Å²) in [7, 11) is 0. The van der Waals surface area contributed by atoms with Gasteiger partial charge in [-0.3, -0.25) is 9.69 Å². The number of likely N-dealkylation sites (tertiary alicyclic amines) is 1. The summed E-state index contributed by atoms with van der Waals surface area (Å²) in [6.45, 7) is 4.14. The number of hydrogen-bond acceptors (Lipinski definition) is 5. The minimum Gasteiger partial charge on any atom is -0.360 e. The first kappa shape index (κ1) is 16.0. The number of fused-ring (bicyclic) bond motifs is 1. The number of aromatic amines is 1. The van der Waals surface area contributed by atoms with Crippen LogP contribution in [0, 0.1) is 12.8 Å². The molecule has 3 heterocycles. The third kappa shape index (κ3) is 3.49. The number of aromatic nitrogens is 3. The van der Waals surface area contributed by atoms with E-state index in [-0.39, 0.29) is 5.78 Å². The lowest BCUT2D eigenvalue weighted by Crippen LogP contribution is -2.39. The SMILES string of the molecule is Cc1nc(CC2CCCN(CC(=O)c3c[nH]c4ccccc34)C2)no1. The van der Waals surface area contributed by atoms with Gasteiger partial charge in [0.2, 0.25) is 5.89 Å². The van der Waals surface area contributed by atoms with Crippen LogP contribution in [-0.2, 0) is 6.42 Å². The highest BCUT2D eigenvalue weighted by atomic mass is 16.5. The lowest BCUT2D eigenvalue weighted by atomic mass is 9.94. The van der Waals surface area contributed by atoms with Crippen molar-refractivity contribution in [1.82, 2.24) is 20.0 Å². The highest BCUT2D eigenvalue weighted by Gasteiger charge is 2.24. The monoisotopic (exact) mass is 338 g/mol. The average molecular weight is 338 g/mol. The van der Waals surface area contributed by atoms with Crippen molar-refractivity contribution in [3.05, 3.63) is 47.7 Å². The Morgan fingerprint density at radius 3 is 3.12 bits per heavy atom. The van der Waals surface area contributed by atoms with Crippen LogP contribution in [0.25, 0.3) is 10.9 Å². The van der Waals surface area contributed by atoms with Crippen LogP contribution in [0.4, 0.5) is 0 Å². The van der Waals surface area contributed by atoms with E-state index in [1.165, 1.54) is 0 Å². The molecule has 1 atom stereocenters. The van der Waals surface area contributed by atoms with E-state index in [2.05, 4.69) is 20.0 Å². The van der Waals surface area contributed by atoms with Crippen molar-refractivity contribution in [3.63, 3.8) is 0 Å². The Kier molecular flexibility index (Phi) is 4.36. The van der Waals surface area contributed by atoms with Crippen LogP contribution in [0.2, 0.25) is 0 Å². The Hall–Kier alpha value is -2.47.